The van der Waals surface area contributed by atoms with Crippen LogP contribution in [0.3, 0.4) is 0 Å². The van der Waals surface area contributed by atoms with Crippen LogP contribution in [0.4, 0.5) is 5.69 Å². The summed E-state index contributed by atoms with van der Waals surface area (Å²) in [4.78, 5) is 18.5. The molecule has 0 aliphatic heterocycles. The van der Waals surface area contributed by atoms with Crippen LogP contribution in [0.5, 0.6) is 0 Å². The highest BCUT2D eigenvalue weighted by atomic mass is 16.6. The lowest BCUT2D eigenvalue weighted by Crippen LogP contribution is -2.38. The summed E-state index contributed by atoms with van der Waals surface area (Å²) < 4.78 is 0. The third-order valence-corrected chi connectivity index (χ3v) is 2.20. The first-order chi connectivity index (χ1) is 8.67. The molecule has 0 amide bonds. The Kier molecular flexibility index (Phi) is 5.66. The largest absolute Gasteiger partial charge is 0.480 e. The van der Waals surface area contributed by atoms with Crippen LogP contribution in [0.15, 0.2) is 29.4 Å². The van der Waals surface area contributed by atoms with Crippen molar-refractivity contribution in [2.75, 3.05) is 6.61 Å². The number of carbonyl (C=O) groups is 1. The van der Waals surface area contributed by atoms with Crippen molar-refractivity contribution in [3.05, 3.63) is 40.3 Å². The highest BCUT2D eigenvalue weighted by Gasteiger charge is 2.17. The third-order valence-electron chi connectivity index (χ3n) is 2.20. The zero-order valence-electron chi connectivity index (χ0n) is 9.91. The molecule has 1 rings (SSSR count). The molecular weight excluding hydrogens is 236 g/mol. The molecule has 0 aliphatic rings. The molecule has 0 aromatic heterocycles. The van der Waals surface area contributed by atoms with Crippen molar-refractivity contribution in [3.63, 3.8) is 0 Å². The lowest BCUT2D eigenvalue weighted by atomic mass is 10.1. The van der Waals surface area contributed by atoms with E-state index in [1.165, 1.54) is 0 Å². The lowest BCUT2D eigenvalue weighted by Gasteiger charge is -2.13. The summed E-state index contributed by atoms with van der Waals surface area (Å²) in [6.45, 7) is 2.15. The fraction of sp³-hybridized carbons (Fsp3) is 0.364. The van der Waals surface area contributed by atoms with Crippen molar-refractivity contribution in [3.8, 4) is 0 Å². The van der Waals surface area contributed by atoms with Gasteiger partial charge < -0.3 is 9.94 Å². The Hall–Kier alpha value is -2.08. The van der Waals surface area contributed by atoms with Crippen LogP contribution in [0.25, 0.3) is 10.4 Å². The van der Waals surface area contributed by atoms with Gasteiger partial charge in [0.2, 0.25) is 0 Å². The van der Waals surface area contributed by atoms with Gasteiger partial charge in [-0.25, -0.2) is 0 Å². The Balaban J connectivity index is 2.68. The zero-order chi connectivity index (χ0) is 13.4. The van der Waals surface area contributed by atoms with Crippen LogP contribution >= 0.6 is 0 Å². The van der Waals surface area contributed by atoms with Gasteiger partial charge in [0, 0.05) is 17.0 Å². The fourth-order valence-corrected chi connectivity index (χ4v) is 1.35. The van der Waals surface area contributed by atoms with Gasteiger partial charge in [-0.1, -0.05) is 29.4 Å². The van der Waals surface area contributed by atoms with Crippen LogP contribution in [0, 0.1) is 0 Å². The summed E-state index contributed by atoms with van der Waals surface area (Å²) in [6, 6.07) is 5.89. The maximum absolute atomic E-state index is 11.0. The number of aliphatic carboxylic acids is 1. The summed E-state index contributed by atoms with van der Waals surface area (Å²) in [5.41, 5.74) is 12.0. The number of carboxylic acid groups (broad SMARTS) is 1. The summed E-state index contributed by atoms with van der Waals surface area (Å²) in [6.07, 6.45) is 0.284. The van der Waals surface area contributed by atoms with Gasteiger partial charge in [-0.05, 0) is 18.0 Å². The van der Waals surface area contributed by atoms with E-state index in [1.54, 1.807) is 31.2 Å². The van der Waals surface area contributed by atoms with Crippen LogP contribution in [0.1, 0.15) is 12.5 Å². The first-order valence-electron chi connectivity index (χ1n) is 5.41. The Morgan fingerprint density at radius 1 is 1.56 bits per heavy atom. The van der Waals surface area contributed by atoms with E-state index in [2.05, 4.69) is 15.5 Å². The van der Waals surface area contributed by atoms with E-state index in [1.807, 2.05) is 0 Å². The predicted molar refractivity (Wildman–Crippen MR) is 65.1 cm³/mol. The van der Waals surface area contributed by atoms with E-state index in [9.17, 15) is 4.79 Å². The number of nitrogens with zero attached hydrogens (tertiary/aromatic N) is 3. The molecule has 0 bridgehead atoms. The predicted octanol–water partition coefficient (Wildman–Crippen LogP) is 2.17. The molecule has 0 spiro atoms. The number of benzene rings is 1. The normalized spacial score (nSPS) is 11.6. The van der Waals surface area contributed by atoms with E-state index in [0.29, 0.717) is 12.3 Å². The molecule has 7 nitrogen and oxygen atoms in total. The van der Waals surface area contributed by atoms with E-state index < -0.39 is 12.0 Å². The van der Waals surface area contributed by atoms with Gasteiger partial charge in [-0.2, -0.15) is 5.48 Å². The first kappa shape index (κ1) is 14.0. The molecule has 0 fully saturated rings. The molecule has 0 aliphatic carbocycles. The Labute approximate surface area is 104 Å². The molecule has 0 saturated heterocycles. The van der Waals surface area contributed by atoms with Crippen LogP contribution in [-0.4, -0.2) is 23.7 Å². The zero-order valence-corrected chi connectivity index (χ0v) is 9.91. The molecule has 18 heavy (non-hydrogen) atoms. The van der Waals surface area contributed by atoms with Crippen molar-refractivity contribution < 1.29 is 14.7 Å². The maximum Gasteiger partial charge on any atom is 0.323 e. The number of hydroxylamine groups is 1. The molecule has 96 valence electrons. The number of rotatable bonds is 7. The van der Waals surface area contributed by atoms with Gasteiger partial charge in [0.1, 0.15) is 6.04 Å². The van der Waals surface area contributed by atoms with Gasteiger partial charge in [0.15, 0.2) is 0 Å². The van der Waals surface area contributed by atoms with Crippen molar-refractivity contribution in [1.82, 2.24) is 5.48 Å². The molecule has 1 aromatic rings. The monoisotopic (exact) mass is 250 g/mol. The minimum Gasteiger partial charge on any atom is -0.480 e. The Morgan fingerprint density at radius 3 is 2.72 bits per heavy atom. The van der Waals surface area contributed by atoms with Crippen LogP contribution in [0.2, 0.25) is 0 Å². The van der Waals surface area contributed by atoms with E-state index in [0.717, 1.165) is 5.56 Å². The second kappa shape index (κ2) is 7.29. The molecule has 0 heterocycles. The van der Waals surface area contributed by atoms with Crippen molar-refractivity contribution >= 4 is 11.7 Å². The minimum absolute atomic E-state index is 0.284. The highest BCUT2D eigenvalue weighted by Crippen LogP contribution is 2.14. The second-order valence-electron chi connectivity index (χ2n) is 3.50. The minimum atomic E-state index is -0.984. The van der Waals surface area contributed by atoms with Gasteiger partial charge in [-0.3, -0.25) is 4.79 Å². The van der Waals surface area contributed by atoms with Gasteiger partial charge in [-0.15, -0.1) is 0 Å². The number of nitrogens with one attached hydrogen (secondary N) is 1. The molecule has 0 saturated carbocycles. The van der Waals surface area contributed by atoms with E-state index >= 15 is 0 Å². The fourth-order valence-electron chi connectivity index (χ4n) is 1.35. The average Bonchev–Trinajstić information content (AvgIpc) is 2.36. The van der Waals surface area contributed by atoms with Gasteiger partial charge in [0.25, 0.3) is 0 Å². The summed E-state index contributed by atoms with van der Waals surface area (Å²) in [7, 11) is 0. The lowest BCUT2D eigenvalue weighted by molar-refractivity contribution is -0.143. The molecular formula is C11H14N4O3. The maximum atomic E-state index is 11.0. The summed E-state index contributed by atoms with van der Waals surface area (Å²) in [5, 5.41) is 12.4. The Morgan fingerprint density at radius 2 is 2.22 bits per heavy atom. The number of hydrogen-bond acceptors (Lipinski definition) is 4. The SMILES string of the molecule is CCON[C@@H](Cc1ccc(N=[N+]=[N-])cc1)C(=O)O. The van der Waals surface area contributed by atoms with E-state index in [-0.39, 0.29) is 6.42 Å². The third kappa shape index (κ3) is 4.42. The van der Waals surface area contributed by atoms with Crippen LogP contribution < -0.4 is 5.48 Å². The van der Waals surface area contributed by atoms with Crippen molar-refractivity contribution in [1.29, 1.82) is 0 Å². The first-order valence-corrected chi connectivity index (χ1v) is 5.41. The molecule has 2 N–H and O–H groups in total. The molecule has 0 unspecified atom stereocenters. The number of carboxylic acids is 1. The van der Waals surface area contributed by atoms with Crippen molar-refractivity contribution in [2.45, 2.75) is 19.4 Å². The number of hydrogen-bond donors (Lipinski definition) is 2. The standard InChI is InChI=1S/C11H14N4O3/c1-2-18-14-10(11(16)17)7-8-3-5-9(6-4-8)13-15-12/h3-6,10,14H,2,7H2,1H3,(H,16,17)/t10-/m0/s1. The second-order valence-corrected chi connectivity index (χ2v) is 3.50. The number of azide groups is 1. The highest BCUT2D eigenvalue weighted by molar-refractivity contribution is 5.73. The molecule has 1 aromatic carbocycles. The summed E-state index contributed by atoms with van der Waals surface area (Å²) in [5.74, 6) is -0.984. The molecule has 0 radical (unpaired) electrons. The van der Waals surface area contributed by atoms with E-state index in [4.69, 9.17) is 15.5 Å². The summed E-state index contributed by atoms with van der Waals surface area (Å²) >= 11 is 0. The Bertz CT molecular complexity index is 440. The van der Waals surface area contributed by atoms with Crippen molar-refractivity contribution in [2.24, 2.45) is 5.11 Å². The topological polar surface area (TPSA) is 107 Å². The average molecular weight is 250 g/mol. The molecule has 7 heteroatoms. The van der Waals surface area contributed by atoms with Gasteiger partial charge in [0.05, 0.1) is 6.61 Å². The van der Waals surface area contributed by atoms with Crippen LogP contribution in [-0.2, 0) is 16.1 Å². The smallest absolute Gasteiger partial charge is 0.323 e. The quantitative estimate of drug-likeness (QED) is 0.334. The molecule has 1 atom stereocenters. The van der Waals surface area contributed by atoms with Gasteiger partial charge >= 0.3 is 5.97 Å².